The molecule has 3 aromatic carbocycles. The first-order valence-corrected chi connectivity index (χ1v) is 33.8. The Kier molecular flexibility index (Phi) is 26.2. The highest BCUT2D eigenvalue weighted by atomic mass is 32.1. The van der Waals surface area contributed by atoms with Gasteiger partial charge in [0.1, 0.15) is 22.1 Å². The van der Waals surface area contributed by atoms with Crippen LogP contribution in [0, 0.1) is 0 Å². The molecule has 0 atom stereocenters. The Morgan fingerprint density at radius 1 is 0.284 bits per heavy atom. The second-order valence-electron chi connectivity index (χ2n) is 24.1. The summed E-state index contributed by atoms with van der Waals surface area (Å²) in [6, 6.07) is 15.3. The van der Waals surface area contributed by atoms with Gasteiger partial charge in [-0.2, -0.15) is 17.5 Å². The monoisotopic (exact) mass is 1040 g/mol. The van der Waals surface area contributed by atoms with E-state index >= 15 is 0 Å². The fourth-order valence-corrected chi connectivity index (χ4v) is 15.2. The second kappa shape index (κ2) is 32.9. The zero-order valence-corrected chi connectivity index (χ0v) is 49.8. The zero-order valence-electron chi connectivity index (χ0n) is 48.2. The van der Waals surface area contributed by atoms with Crippen molar-refractivity contribution in [2.45, 2.75) is 321 Å². The van der Waals surface area contributed by atoms with Gasteiger partial charge in [0.15, 0.2) is 0 Å². The summed E-state index contributed by atoms with van der Waals surface area (Å²) in [5, 5.41) is 0. The number of fused-ring (bicyclic) bond motifs is 10. The van der Waals surface area contributed by atoms with Crippen LogP contribution >= 0.6 is 23.5 Å². The van der Waals surface area contributed by atoms with Gasteiger partial charge in [0, 0.05) is 22.0 Å². The molecule has 0 radical (unpaired) electrons. The summed E-state index contributed by atoms with van der Waals surface area (Å²) in [5.41, 5.74) is 16.6. The summed E-state index contributed by atoms with van der Waals surface area (Å²) in [4.78, 5) is 0. The van der Waals surface area contributed by atoms with E-state index in [9.17, 15) is 0 Å². The van der Waals surface area contributed by atoms with Gasteiger partial charge in [-0.15, -0.1) is 0 Å². The van der Waals surface area contributed by atoms with Crippen molar-refractivity contribution in [1.82, 2.24) is 17.5 Å². The van der Waals surface area contributed by atoms with E-state index in [0.717, 1.165) is 22.1 Å². The Bertz CT molecular complexity index is 2110. The molecule has 2 aliphatic carbocycles. The molecule has 74 heavy (non-hydrogen) atoms. The number of hydrogen-bond acceptors (Lipinski definition) is 6. The van der Waals surface area contributed by atoms with Gasteiger partial charge in [-0.1, -0.05) is 297 Å². The van der Waals surface area contributed by atoms with Gasteiger partial charge in [-0.25, -0.2) is 0 Å². The molecule has 6 heteroatoms. The van der Waals surface area contributed by atoms with Crippen molar-refractivity contribution in [3.8, 4) is 22.3 Å². The first-order valence-electron chi connectivity index (χ1n) is 32.3. The summed E-state index contributed by atoms with van der Waals surface area (Å²) < 4.78 is 20.3. The van der Waals surface area contributed by atoms with E-state index in [1.54, 1.807) is 22.3 Å². The highest BCUT2D eigenvalue weighted by Crippen LogP contribution is 2.62. The summed E-state index contributed by atoms with van der Waals surface area (Å²) in [5.74, 6) is 0. The van der Waals surface area contributed by atoms with Crippen molar-refractivity contribution in [2.75, 3.05) is 0 Å². The van der Waals surface area contributed by atoms with Crippen LogP contribution in [0.2, 0.25) is 0 Å². The first-order chi connectivity index (χ1) is 36.6. The van der Waals surface area contributed by atoms with Crippen molar-refractivity contribution < 1.29 is 0 Å². The summed E-state index contributed by atoms with van der Waals surface area (Å²) >= 11 is 2.83. The minimum absolute atomic E-state index is 0.0233. The summed E-state index contributed by atoms with van der Waals surface area (Å²) in [7, 11) is 0. The molecule has 0 bridgehead atoms. The molecule has 0 amide bonds. The molecule has 0 saturated heterocycles. The van der Waals surface area contributed by atoms with Crippen LogP contribution in [0.5, 0.6) is 0 Å². The molecule has 410 valence electrons. The van der Waals surface area contributed by atoms with Crippen LogP contribution in [0.4, 0.5) is 0 Å². The van der Waals surface area contributed by atoms with Gasteiger partial charge in [0.2, 0.25) is 0 Å². The number of aromatic nitrogens is 4. The van der Waals surface area contributed by atoms with Gasteiger partial charge in [0.05, 0.1) is 23.5 Å². The highest BCUT2D eigenvalue weighted by Gasteiger charge is 2.49. The minimum Gasteiger partial charge on any atom is -0.173 e. The van der Waals surface area contributed by atoms with E-state index in [-0.39, 0.29) is 10.8 Å². The van der Waals surface area contributed by atoms with E-state index in [1.165, 1.54) is 328 Å². The SMILES string of the molecule is CCCCCCCCCCCCC1(CCCCCCCCCCCC)c2cc3c(cc2-c2c1ccc1nsnc21)C(CCCCCCCCCCCC)(CCCCCCCCCCCC)c1ccc2nsnc2c1-3. The fraction of sp³-hybridized carbons (Fsp3) is 0.735. The topological polar surface area (TPSA) is 51.6 Å². The zero-order chi connectivity index (χ0) is 51.5. The average Bonchev–Trinajstić information content (AvgIpc) is 4.21. The van der Waals surface area contributed by atoms with Gasteiger partial charge in [-0.05, 0) is 83.3 Å². The van der Waals surface area contributed by atoms with Crippen LogP contribution in [0.15, 0.2) is 36.4 Å². The number of nitrogens with zero attached hydrogens (tertiary/aromatic N) is 4. The maximum Gasteiger partial charge on any atom is 0.112 e. The van der Waals surface area contributed by atoms with Crippen molar-refractivity contribution in [3.05, 3.63) is 58.7 Å². The third kappa shape index (κ3) is 15.7. The van der Waals surface area contributed by atoms with E-state index in [2.05, 4.69) is 64.1 Å². The predicted octanol–water partition coefficient (Wildman–Crippen LogP) is 23.5. The van der Waals surface area contributed by atoms with Crippen LogP contribution in [0.1, 0.15) is 332 Å². The van der Waals surface area contributed by atoms with Crippen molar-refractivity contribution in [1.29, 1.82) is 0 Å². The Morgan fingerprint density at radius 3 is 0.784 bits per heavy atom. The molecule has 4 nitrogen and oxygen atoms in total. The number of unbranched alkanes of at least 4 members (excludes halogenated alkanes) is 36. The summed E-state index contributed by atoms with van der Waals surface area (Å²) in [6.45, 7) is 9.32. The average molecular weight is 1040 g/mol. The molecular weight excluding hydrogens is 937 g/mol. The van der Waals surface area contributed by atoms with Gasteiger partial charge in [0.25, 0.3) is 0 Å². The van der Waals surface area contributed by atoms with Gasteiger partial charge >= 0.3 is 0 Å². The molecular formula is C68H106N4S2. The lowest BCUT2D eigenvalue weighted by Crippen LogP contribution is -2.27. The fourth-order valence-electron chi connectivity index (χ4n) is 14.1. The lowest BCUT2D eigenvalue weighted by Gasteiger charge is -2.35. The smallest absolute Gasteiger partial charge is 0.112 e. The Hall–Kier alpha value is -2.70. The molecule has 2 aromatic heterocycles. The molecule has 0 spiro atoms. The molecule has 0 fully saturated rings. The van der Waals surface area contributed by atoms with Crippen LogP contribution in [0.3, 0.4) is 0 Å². The molecule has 0 N–H and O–H groups in total. The standard InChI is InChI=1S/C68H106N4S2/c1-5-9-13-17-21-25-29-33-37-41-49-67(50-42-38-34-30-26-22-18-14-10-6-2)57-45-47-61-65(71-73-69-61)63(57)55-54-60-56(53-59(55)67)64-58(46-48-62-66(64)72-74-70-62)68(60,51-43-39-35-31-27-23-19-15-11-7-3)52-44-40-36-32-28-24-20-16-12-8-4/h45-48,53-54H,5-44,49-52H2,1-4H3. The molecule has 2 heterocycles. The number of benzene rings is 3. The van der Waals surface area contributed by atoms with Crippen molar-refractivity contribution in [2.24, 2.45) is 0 Å². The second-order valence-corrected chi connectivity index (χ2v) is 25.1. The molecule has 5 aromatic rings. The lowest BCUT2D eigenvalue weighted by molar-refractivity contribution is 0.393. The Balaban J connectivity index is 1.22. The largest absolute Gasteiger partial charge is 0.173 e. The van der Waals surface area contributed by atoms with Crippen LogP contribution in [-0.2, 0) is 10.8 Å². The Morgan fingerprint density at radius 2 is 0.527 bits per heavy atom. The third-order valence-electron chi connectivity index (χ3n) is 18.4. The number of rotatable bonds is 44. The maximum absolute atomic E-state index is 5.20. The van der Waals surface area contributed by atoms with Gasteiger partial charge in [-0.3, -0.25) is 0 Å². The minimum atomic E-state index is -0.0233. The molecule has 0 saturated carbocycles. The molecule has 2 aliphatic rings. The van der Waals surface area contributed by atoms with E-state index in [4.69, 9.17) is 17.5 Å². The lowest BCUT2D eigenvalue weighted by atomic mass is 9.68. The van der Waals surface area contributed by atoms with Crippen LogP contribution in [0.25, 0.3) is 44.3 Å². The van der Waals surface area contributed by atoms with Crippen molar-refractivity contribution in [3.63, 3.8) is 0 Å². The predicted molar refractivity (Wildman–Crippen MR) is 327 cm³/mol. The Labute approximate surface area is 462 Å². The maximum atomic E-state index is 5.20. The molecule has 0 aliphatic heterocycles. The van der Waals surface area contributed by atoms with Crippen LogP contribution in [-0.4, -0.2) is 17.5 Å². The summed E-state index contributed by atoms with van der Waals surface area (Å²) in [6.07, 6.45) is 59.9. The van der Waals surface area contributed by atoms with Crippen molar-refractivity contribution >= 4 is 45.5 Å². The highest BCUT2D eigenvalue weighted by molar-refractivity contribution is 7.00. The number of hydrogen-bond donors (Lipinski definition) is 0. The van der Waals surface area contributed by atoms with E-state index < -0.39 is 0 Å². The molecule has 0 unspecified atom stereocenters. The van der Waals surface area contributed by atoms with Crippen LogP contribution < -0.4 is 0 Å². The normalized spacial score (nSPS) is 14.1. The quantitative estimate of drug-likeness (QED) is 0.0365. The third-order valence-corrected chi connectivity index (χ3v) is 19.5. The van der Waals surface area contributed by atoms with Gasteiger partial charge < -0.3 is 0 Å². The van der Waals surface area contributed by atoms with E-state index in [0.29, 0.717) is 0 Å². The molecule has 7 rings (SSSR count). The first kappa shape index (κ1) is 59.0. The van der Waals surface area contributed by atoms with E-state index in [1.807, 2.05) is 0 Å².